The molecule has 4 rings (SSSR count). The Labute approximate surface area is 194 Å². The summed E-state index contributed by atoms with van der Waals surface area (Å²) in [5, 5.41) is 21.2. The molecule has 1 heterocycles. The van der Waals surface area contributed by atoms with E-state index in [0.29, 0.717) is 19.8 Å². The second-order valence-electron chi connectivity index (χ2n) is 8.29. The number of nitro benzene ring substituents is 1. The molecule has 7 heteroatoms. The Morgan fingerprint density at radius 3 is 2.15 bits per heavy atom. The molecule has 0 amide bonds. The minimum Gasteiger partial charge on any atom is -0.389 e. The van der Waals surface area contributed by atoms with E-state index in [1.54, 1.807) is 12.1 Å². The fourth-order valence-corrected chi connectivity index (χ4v) is 4.06. The molecule has 172 valence electrons. The first-order valence-electron chi connectivity index (χ1n) is 11.2. The summed E-state index contributed by atoms with van der Waals surface area (Å²) in [6.45, 7) is 4.63. The van der Waals surface area contributed by atoms with Crippen molar-refractivity contribution in [3.05, 3.63) is 94.5 Å². The Morgan fingerprint density at radius 2 is 1.52 bits per heavy atom. The van der Waals surface area contributed by atoms with Crippen LogP contribution in [-0.2, 0) is 11.3 Å². The SMILES string of the molecule is O=[N+]([O-])c1ccc(N2CCN(C[C@H](O)COCc3ccc(-c4ccccc4)cc3)CC2)cc1. The molecule has 0 aromatic heterocycles. The van der Waals surface area contributed by atoms with Crippen molar-refractivity contribution in [2.45, 2.75) is 12.7 Å². The normalized spacial score (nSPS) is 15.4. The first-order chi connectivity index (χ1) is 16.1. The highest BCUT2D eigenvalue weighted by Crippen LogP contribution is 2.21. The molecule has 1 aliphatic rings. The number of hydrogen-bond donors (Lipinski definition) is 1. The van der Waals surface area contributed by atoms with Crippen LogP contribution in [0, 0.1) is 10.1 Å². The van der Waals surface area contributed by atoms with Crippen molar-refractivity contribution in [1.82, 2.24) is 4.90 Å². The van der Waals surface area contributed by atoms with E-state index in [1.165, 1.54) is 23.3 Å². The first-order valence-corrected chi connectivity index (χ1v) is 11.2. The lowest BCUT2D eigenvalue weighted by atomic mass is 10.0. The summed E-state index contributed by atoms with van der Waals surface area (Å²) in [4.78, 5) is 14.9. The van der Waals surface area contributed by atoms with E-state index in [1.807, 2.05) is 18.2 Å². The predicted molar refractivity (Wildman–Crippen MR) is 129 cm³/mol. The van der Waals surface area contributed by atoms with Gasteiger partial charge in [0.15, 0.2) is 0 Å². The van der Waals surface area contributed by atoms with Crippen LogP contribution in [0.25, 0.3) is 11.1 Å². The van der Waals surface area contributed by atoms with Crippen molar-refractivity contribution in [2.24, 2.45) is 0 Å². The van der Waals surface area contributed by atoms with Gasteiger partial charge in [0.1, 0.15) is 0 Å². The second kappa shape index (κ2) is 11.0. The van der Waals surface area contributed by atoms with Crippen LogP contribution in [-0.4, -0.2) is 60.4 Å². The summed E-state index contributed by atoms with van der Waals surface area (Å²) >= 11 is 0. The summed E-state index contributed by atoms with van der Waals surface area (Å²) in [7, 11) is 0. The lowest BCUT2D eigenvalue weighted by molar-refractivity contribution is -0.384. The van der Waals surface area contributed by atoms with Gasteiger partial charge in [-0.1, -0.05) is 54.6 Å². The highest BCUT2D eigenvalue weighted by molar-refractivity contribution is 5.63. The highest BCUT2D eigenvalue weighted by atomic mass is 16.6. The molecule has 0 bridgehead atoms. The third kappa shape index (κ3) is 6.38. The number of aliphatic hydroxyl groups excluding tert-OH is 1. The molecular weight excluding hydrogens is 418 g/mol. The van der Waals surface area contributed by atoms with Gasteiger partial charge in [-0.25, -0.2) is 0 Å². The summed E-state index contributed by atoms with van der Waals surface area (Å²) in [6, 6.07) is 25.2. The molecule has 0 saturated carbocycles. The van der Waals surface area contributed by atoms with Crippen LogP contribution in [0.5, 0.6) is 0 Å². The van der Waals surface area contributed by atoms with Crippen molar-refractivity contribution in [1.29, 1.82) is 0 Å². The third-order valence-corrected chi connectivity index (χ3v) is 5.91. The van der Waals surface area contributed by atoms with Gasteiger partial charge in [-0.3, -0.25) is 15.0 Å². The third-order valence-electron chi connectivity index (χ3n) is 5.91. The van der Waals surface area contributed by atoms with E-state index in [9.17, 15) is 15.2 Å². The fourth-order valence-electron chi connectivity index (χ4n) is 4.06. The van der Waals surface area contributed by atoms with Crippen molar-refractivity contribution in [3.63, 3.8) is 0 Å². The molecule has 7 nitrogen and oxygen atoms in total. The fraction of sp³-hybridized carbons (Fsp3) is 0.308. The van der Waals surface area contributed by atoms with Gasteiger partial charge in [-0.2, -0.15) is 0 Å². The van der Waals surface area contributed by atoms with Crippen LogP contribution < -0.4 is 4.90 Å². The average Bonchev–Trinajstić information content (AvgIpc) is 2.85. The molecule has 1 N–H and O–H groups in total. The van der Waals surface area contributed by atoms with Gasteiger partial charge in [0.2, 0.25) is 0 Å². The molecule has 1 saturated heterocycles. The number of aliphatic hydroxyl groups is 1. The smallest absolute Gasteiger partial charge is 0.269 e. The molecule has 0 radical (unpaired) electrons. The van der Waals surface area contributed by atoms with Crippen LogP contribution in [0.1, 0.15) is 5.56 Å². The number of non-ortho nitro benzene ring substituents is 1. The molecule has 3 aromatic carbocycles. The predicted octanol–water partition coefficient (Wildman–Crippen LogP) is 3.96. The van der Waals surface area contributed by atoms with E-state index in [0.717, 1.165) is 37.4 Å². The van der Waals surface area contributed by atoms with Gasteiger partial charge in [-0.15, -0.1) is 0 Å². The number of nitrogens with zero attached hydrogens (tertiary/aromatic N) is 3. The maximum Gasteiger partial charge on any atom is 0.269 e. The van der Waals surface area contributed by atoms with Crippen LogP contribution in [0.3, 0.4) is 0 Å². The first kappa shape index (κ1) is 22.9. The van der Waals surface area contributed by atoms with E-state index >= 15 is 0 Å². The standard InChI is InChI=1S/C26H29N3O4/c30-26(20-33-19-21-6-8-23(9-7-21)22-4-2-1-3-5-22)18-27-14-16-28(17-15-27)24-10-12-25(13-11-24)29(31)32/h1-13,26,30H,14-20H2/t26-/m0/s1. The zero-order valence-electron chi connectivity index (χ0n) is 18.5. The van der Waals surface area contributed by atoms with Gasteiger partial charge >= 0.3 is 0 Å². The second-order valence-corrected chi connectivity index (χ2v) is 8.29. The van der Waals surface area contributed by atoms with Crippen molar-refractivity contribution >= 4 is 11.4 Å². The Bertz CT molecular complexity index is 1020. The van der Waals surface area contributed by atoms with E-state index < -0.39 is 6.10 Å². The number of β-amino-alcohol motifs (C(OH)–C–C–N with tert-alkyl or cyclic N) is 1. The topological polar surface area (TPSA) is 79.1 Å². The minimum atomic E-state index is -0.542. The number of benzene rings is 3. The molecule has 1 atom stereocenters. The van der Waals surface area contributed by atoms with Gasteiger partial charge in [0, 0.05) is 50.5 Å². The number of hydrogen-bond acceptors (Lipinski definition) is 6. The van der Waals surface area contributed by atoms with Crippen molar-refractivity contribution in [3.8, 4) is 11.1 Å². The van der Waals surface area contributed by atoms with Gasteiger partial charge in [0.05, 0.1) is 24.2 Å². The zero-order chi connectivity index (χ0) is 23.0. The largest absolute Gasteiger partial charge is 0.389 e. The van der Waals surface area contributed by atoms with Crippen molar-refractivity contribution < 1.29 is 14.8 Å². The Morgan fingerprint density at radius 1 is 0.879 bits per heavy atom. The molecule has 3 aromatic rings. The number of rotatable bonds is 9. The maximum atomic E-state index is 10.8. The number of ether oxygens (including phenoxy) is 1. The molecule has 33 heavy (non-hydrogen) atoms. The Kier molecular flexibility index (Phi) is 7.67. The lowest BCUT2D eigenvalue weighted by Crippen LogP contribution is -2.49. The quantitative estimate of drug-likeness (QED) is 0.395. The zero-order valence-corrected chi connectivity index (χ0v) is 18.5. The summed E-state index contributed by atoms with van der Waals surface area (Å²) in [5.74, 6) is 0. The summed E-state index contributed by atoms with van der Waals surface area (Å²) in [5.41, 5.74) is 4.54. The van der Waals surface area contributed by atoms with E-state index in [-0.39, 0.29) is 10.6 Å². The van der Waals surface area contributed by atoms with Crippen LogP contribution in [0.2, 0.25) is 0 Å². The van der Waals surface area contributed by atoms with Crippen LogP contribution in [0.15, 0.2) is 78.9 Å². The molecule has 1 fully saturated rings. The Balaban J connectivity index is 1.16. The molecule has 0 spiro atoms. The van der Waals surface area contributed by atoms with Gasteiger partial charge < -0.3 is 14.7 Å². The minimum absolute atomic E-state index is 0.104. The van der Waals surface area contributed by atoms with Gasteiger partial charge in [0.25, 0.3) is 5.69 Å². The number of nitro groups is 1. The number of anilines is 1. The lowest BCUT2D eigenvalue weighted by Gasteiger charge is -2.36. The molecular formula is C26H29N3O4. The molecule has 0 aliphatic carbocycles. The highest BCUT2D eigenvalue weighted by Gasteiger charge is 2.20. The monoisotopic (exact) mass is 447 g/mol. The number of piperazine rings is 1. The van der Waals surface area contributed by atoms with Crippen LogP contribution >= 0.6 is 0 Å². The van der Waals surface area contributed by atoms with E-state index in [2.05, 4.69) is 46.2 Å². The summed E-state index contributed by atoms with van der Waals surface area (Å²) < 4.78 is 5.75. The van der Waals surface area contributed by atoms with E-state index in [4.69, 9.17) is 4.74 Å². The molecule has 1 aliphatic heterocycles. The molecule has 0 unspecified atom stereocenters. The average molecular weight is 448 g/mol. The van der Waals surface area contributed by atoms with Gasteiger partial charge in [-0.05, 0) is 28.8 Å². The summed E-state index contributed by atoms with van der Waals surface area (Å²) in [6.07, 6.45) is -0.542. The van der Waals surface area contributed by atoms with Crippen LogP contribution in [0.4, 0.5) is 11.4 Å². The van der Waals surface area contributed by atoms with Crippen molar-refractivity contribution in [2.75, 3.05) is 44.2 Å². The maximum absolute atomic E-state index is 10.8. The Hall–Kier alpha value is -3.26.